The van der Waals surface area contributed by atoms with Crippen molar-refractivity contribution in [2.45, 2.75) is 54.9 Å². The van der Waals surface area contributed by atoms with Crippen LogP contribution in [0.4, 0.5) is 0 Å². The summed E-state index contributed by atoms with van der Waals surface area (Å²) in [4.78, 5) is 0. The molecule has 10 nitrogen and oxygen atoms in total. The Bertz CT molecular complexity index is 315. The molecule has 1 rings (SSSR count). The van der Waals surface area contributed by atoms with Crippen LogP contribution in [0.5, 0.6) is 0 Å². The second-order valence-electron chi connectivity index (χ2n) is 5.06. The van der Waals surface area contributed by atoms with Gasteiger partial charge in [0.1, 0.15) is 54.9 Å². The number of ether oxygens (including phenoxy) is 1. The molecular formula is C11H22O10. The molecule has 0 radical (unpaired) electrons. The van der Waals surface area contributed by atoms with Gasteiger partial charge in [-0.1, -0.05) is 0 Å². The van der Waals surface area contributed by atoms with Crippen LogP contribution in [0.15, 0.2) is 0 Å². The van der Waals surface area contributed by atoms with E-state index in [9.17, 15) is 35.7 Å². The van der Waals surface area contributed by atoms with Crippen LogP contribution in [-0.2, 0) is 4.74 Å². The van der Waals surface area contributed by atoms with Crippen LogP contribution in [0.25, 0.3) is 0 Å². The summed E-state index contributed by atoms with van der Waals surface area (Å²) in [5.74, 6) is 0. The van der Waals surface area contributed by atoms with Gasteiger partial charge in [-0.2, -0.15) is 0 Å². The molecule has 21 heavy (non-hydrogen) atoms. The van der Waals surface area contributed by atoms with E-state index in [1.165, 1.54) is 0 Å². The molecule has 0 aromatic rings. The zero-order valence-corrected chi connectivity index (χ0v) is 11.0. The third kappa shape index (κ3) is 4.07. The first-order valence-corrected chi connectivity index (χ1v) is 6.39. The summed E-state index contributed by atoms with van der Waals surface area (Å²) in [5.41, 5.74) is 0. The molecule has 1 aliphatic rings. The molecule has 1 saturated heterocycles. The average molecular weight is 314 g/mol. The second-order valence-corrected chi connectivity index (χ2v) is 5.06. The third-order valence-corrected chi connectivity index (χ3v) is 3.51. The Morgan fingerprint density at radius 2 is 1.43 bits per heavy atom. The van der Waals surface area contributed by atoms with Gasteiger partial charge in [0.15, 0.2) is 0 Å². The molecule has 126 valence electrons. The highest BCUT2D eigenvalue weighted by molar-refractivity contribution is 4.95. The molecule has 1 aliphatic heterocycles. The number of hydrogen-bond acceptors (Lipinski definition) is 10. The fraction of sp³-hybridized carbons (Fsp3) is 1.00. The number of aliphatic hydroxyl groups excluding tert-OH is 9. The summed E-state index contributed by atoms with van der Waals surface area (Å²) in [7, 11) is 0. The predicted molar refractivity (Wildman–Crippen MR) is 64.9 cm³/mol. The van der Waals surface area contributed by atoms with Crippen molar-refractivity contribution >= 4 is 0 Å². The Morgan fingerprint density at radius 3 is 1.95 bits per heavy atom. The first kappa shape index (κ1) is 18.6. The minimum absolute atomic E-state index is 0.412. The van der Waals surface area contributed by atoms with Crippen LogP contribution < -0.4 is 0 Å². The lowest BCUT2D eigenvalue weighted by atomic mass is 9.90. The highest BCUT2D eigenvalue weighted by Gasteiger charge is 2.46. The fourth-order valence-corrected chi connectivity index (χ4v) is 2.06. The van der Waals surface area contributed by atoms with E-state index in [-0.39, 0.29) is 0 Å². The SMILES string of the molecule is OCC(O)C(O)C(O)C(O)C(O)C1OC[C@@H](O)[C@@H](O)[C@@H]1O. The molecule has 0 bridgehead atoms. The Hall–Kier alpha value is -0.400. The quantitative estimate of drug-likeness (QED) is 0.228. The predicted octanol–water partition coefficient (Wildman–Crippen LogP) is -5.74. The number of rotatable bonds is 6. The van der Waals surface area contributed by atoms with Gasteiger partial charge < -0.3 is 50.7 Å². The van der Waals surface area contributed by atoms with E-state index >= 15 is 0 Å². The first-order valence-electron chi connectivity index (χ1n) is 6.39. The highest BCUT2D eigenvalue weighted by Crippen LogP contribution is 2.22. The summed E-state index contributed by atoms with van der Waals surface area (Å²) in [6, 6.07) is 0. The van der Waals surface area contributed by atoms with Gasteiger partial charge in [-0.15, -0.1) is 0 Å². The number of hydrogen-bond donors (Lipinski definition) is 9. The molecule has 0 aromatic heterocycles. The van der Waals surface area contributed by atoms with E-state index in [4.69, 9.17) is 14.9 Å². The third-order valence-electron chi connectivity index (χ3n) is 3.51. The zero-order valence-electron chi connectivity index (χ0n) is 11.0. The smallest absolute Gasteiger partial charge is 0.115 e. The van der Waals surface area contributed by atoms with Gasteiger partial charge in [0.25, 0.3) is 0 Å². The highest BCUT2D eigenvalue weighted by atomic mass is 16.5. The van der Waals surface area contributed by atoms with Gasteiger partial charge in [0.05, 0.1) is 13.2 Å². The summed E-state index contributed by atoms with van der Waals surface area (Å²) in [5, 5.41) is 84.8. The van der Waals surface area contributed by atoms with E-state index in [1.807, 2.05) is 0 Å². The van der Waals surface area contributed by atoms with Gasteiger partial charge in [-0.3, -0.25) is 0 Å². The lowest BCUT2D eigenvalue weighted by Crippen LogP contribution is -2.61. The van der Waals surface area contributed by atoms with Crippen molar-refractivity contribution in [3.05, 3.63) is 0 Å². The molecule has 1 heterocycles. The molecule has 0 spiro atoms. The maximum Gasteiger partial charge on any atom is 0.115 e. The van der Waals surface area contributed by atoms with Gasteiger partial charge in [-0.25, -0.2) is 0 Å². The van der Waals surface area contributed by atoms with Crippen LogP contribution in [0.1, 0.15) is 0 Å². The van der Waals surface area contributed by atoms with Crippen LogP contribution >= 0.6 is 0 Å². The molecule has 10 heteroatoms. The van der Waals surface area contributed by atoms with E-state index in [2.05, 4.69) is 0 Å². The largest absolute Gasteiger partial charge is 0.394 e. The maximum atomic E-state index is 9.85. The maximum absolute atomic E-state index is 9.85. The molecule has 0 saturated carbocycles. The van der Waals surface area contributed by atoms with Crippen molar-refractivity contribution in [3.8, 4) is 0 Å². The molecular weight excluding hydrogens is 292 g/mol. The molecule has 0 aromatic carbocycles. The van der Waals surface area contributed by atoms with Crippen molar-refractivity contribution in [1.82, 2.24) is 0 Å². The van der Waals surface area contributed by atoms with Gasteiger partial charge >= 0.3 is 0 Å². The Labute approximate surface area is 120 Å². The van der Waals surface area contributed by atoms with E-state index < -0.39 is 68.1 Å². The molecule has 9 N–H and O–H groups in total. The molecule has 0 aliphatic carbocycles. The zero-order chi connectivity index (χ0) is 16.3. The van der Waals surface area contributed by atoms with Crippen molar-refractivity contribution in [3.63, 3.8) is 0 Å². The summed E-state index contributed by atoms with van der Waals surface area (Å²) in [6.45, 7) is -1.29. The second kappa shape index (κ2) is 7.74. The van der Waals surface area contributed by atoms with Crippen molar-refractivity contribution in [1.29, 1.82) is 0 Å². The normalized spacial score (nSPS) is 37.6. The minimum Gasteiger partial charge on any atom is -0.394 e. The Morgan fingerprint density at radius 1 is 0.857 bits per heavy atom. The molecule has 6 unspecified atom stereocenters. The van der Waals surface area contributed by atoms with Gasteiger partial charge in [0, 0.05) is 0 Å². The summed E-state index contributed by atoms with van der Waals surface area (Å²) < 4.78 is 4.90. The van der Waals surface area contributed by atoms with Crippen molar-refractivity contribution in [2.75, 3.05) is 13.2 Å². The molecule has 0 amide bonds. The van der Waals surface area contributed by atoms with E-state index in [1.54, 1.807) is 0 Å². The van der Waals surface area contributed by atoms with E-state index in [0.717, 1.165) is 0 Å². The first-order chi connectivity index (χ1) is 9.72. The standard InChI is InChI=1S/C11H22O10/c12-1-3(13)5(15)7(17)8(18)10(20)11-9(19)6(16)4(14)2-21-11/h3-20H,1-2H2/t3?,4-,5?,6-,7?,8?,9+,10?,11?/m1/s1. The van der Waals surface area contributed by atoms with E-state index in [0.29, 0.717) is 0 Å². The van der Waals surface area contributed by atoms with Gasteiger partial charge in [0.2, 0.25) is 0 Å². The van der Waals surface area contributed by atoms with Crippen molar-refractivity contribution in [2.24, 2.45) is 0 Å². The van der Waals surface area contributed by atoms with Crippen LogP contribution in [0.2, 0.25) is 0 Å². The minimum atomic E-state index is -2.04. The van der Waals surface area contributed by atoms with Crippen LogP contribution in [0.3, 0.4) is 0 Å². The molecule has 9 atom stereocenters. The fourth-order valence-electron chi connectivity index (χ4n) is 2.06. The monoisotopic (exact) mass is 314 g/mol. The van der Waals surface area contributed by atoms with Crippen LogP contribution in [0, 0.1) is 0 Å². The van der Waals surface area contributed by atoms with Gasteiger partial charge in [-0.05, 0) is 0 Å². The summed E-state index contributed by atoms with van der Waals surface area (Å²) >= 11 is 0. The lowest BCUT2D eigenvalue weighted by Gasteiger charge is -2.40. The summed E-state index contributed by atoms with van der Waals surface area (Å²) in [6.07, 6.45) is -15.9. The Kier molecular flexibility index (Phi) is 6.87. The van der Waals surface area contributed by atoms with Crippen molar-refractivity contribution < 1.29 is 50.7 Å². The lowest BCUT2D eigenvalue weighted by molar-refractivity contribution is -0.234. The van der Waals surface area contributed by atoms with Crippen LogP contribution in [-0.4, -0.2) is 114 Å². The number of aliphatic hydroxyl groups is 9. The average Bonchev–Trinajstić information content (AvgIpc) is 2.49. The molecule has 1 fully saturated rings. The Balaban J connectivity index is 2.71. The topological polar surface area (TPSA) is 191 Å².